The summed E-state index contributed by atoms with van der Waals surface area (Å²) in [5.74, 6) is -0.182. The molecule has 0 atom stereocenters. The molecule has 1 fully saturated rings. The zero-order chi connectivity index (χ0) is 19.2. The normalized spacial score (nSPS) is 13.7. The first-order valence-corrected chi connectivity index (χ1v) is 9.04. The maximum absolute atomic E-state index is 13.5. The fourth-order valence-corrected chi connectivity index (χ4v) is 3.02. The van der Waals surface area contributed by atoms with Gasteiger partial charge in [0.2, 0.25) is 5.91 Å². The molecule has 2 aromatic rings. The zero-order valence-corrected chi connectivity index (χ0v) is 15.4. The summed E-state index contributed by atoms with van der Waals surface area (Å²) in [6.07, 6.45) is 1.53. The van der Waals surface area contributed by atoms with E-state index in [2.05, 4.69) is 0 Å². The lowest BCUT2D eigenvalue weighted by Crippen LogP contribution is -2.31. The molecule has 0 unspecified atom stereocenters. The van der Waals surface area contributed by atoms with Crippen LogP contribution in [0.5, 0.6) is 5.75 Å². The van der Waals surface area contributed by atoms with Crippen molar-refractivity contribution in [3.05, 3.63) is 65.5 Å². The van der Waals surface area contributed by atoms with Crippen LogP contribution in [0.2, 0.25) is 0 Å². The maximum Gasteiger partial charge on any atom is 0.253 e. The van der Waals surface area contributed by atoms with Crippen molar-refractivity contribution in [2.24, 2.45) is 0 Å². The number of amides is 2. The number of hydrogen-bond acceptors (Lipinski definition) is 3. The van der Waals surface area contributed by atoms with E-state index in [0.29, 0.717) is 25.1 Å². The highest BCUT2D eigenvalue weighted by Gasteiger charge is 2.20. The van der Waals surface area contributed by atoms with Crippen molar-refractivity contribution in [2.45, 2.75) is 19.4 Å². The Morgan fingerprint density at radius 2 is 1.93 bits per heavy atom. The molecule has 1 heterocycles. The Balaban J connectivity index is 1.50. The molecule has 2 aromatic carbocycles. The Hall–Kier alpha value is -2.89. The van der Waals surface area contributed by atoms with Crippen molar-refractivity contribution in [1.82, 2.24) is 9.80 Å². The lowest BCUT2D eigenvalue weighted by molar-refractivity contribution is -0.128. The van der Waals surface area contributed by atoms with Gasteiger partial charge >= 0.3 is 0 Å². The van der Waals surface area contributed by atoms with Crippen molar-refractivity contribution in [3.63, 3.8) is 0 Å². The third kappa shape index (κ3) is 4.84. The topological polar surface area (TPSA) is 49.9 Å². The van der Waals surface area contributed by atoms with Crippen molar-refractivity contribution in [3.8, 4) is 5.75 Å². The third-order valence-electron chi connectivity index (χ3n) is 4.61. The van der Waals surface area contributed by atoms with Gasteiger partial charge in [0.1, 0.15) is 6.61 Å². The highest BCUT2D eigenvalue weighted by atomic mass is 19.1. The van der Waals surface area contributed by atoms with Gasteiger partial charge in [0, 0.05) is 32.1 Å². The Morgan fingerprint density at radius 1 is 1.19 bits per heavy atom. The van der Waals surface area contributed by atoms with Crippen molar-refractivity contribution in [2.75, 3.05) is 26.7 Å². The highest BCUT2D eigenvalue weighted by Crippen LogP contribution is 2.16. The molecule has 0 bridgehead atoms. The van der Waals surface area contributed by atoms with Crippen molar-refractivity contribution < 1.29 is 18.7 Å². The van der Waals surface area contributed by atoms with E-state index in [-0.39, 0.29) is 24.2 Å². The number of benzene rings is 2. The van der Waals surface area contributed by atoms with E-state index in [1.807, 2.05) is 17.0 Å². The minimum absolute atomic E-state index is 0.129. The third-order valence-corrected chi connectivity index (χ3v) is 4.61. The predicted octanol–water partition coefficient (Wildman–Crippen LogP) is 3.10. The standard InChI is InChI=1S/C21H23FN2O3/c1-23(13-14-27-19-6-3-2-5-18(19)22)21(26)17-10-8-16(9-11-17)15-24-12-4-7-20(24)25/h2-3,5-6,8-11H,4,7,12-15H2,1H3. The summed E-state index contributed by atoms with van der Waals surface area (Å²) < 4.78 is 18.9. The first-order valence-electron chi connectivity index (χ1n) is 9.04. The van der Waals surface area contributed by atoms with Gasteiger partial charge < -0.3 is 14.5 Å². The summed E-state index contributed by atoms with van der Waals surface area (Å²) in [6, 6.07) is 13.5. The van der Waals surface area contributed by atoms with Gasteiger partial charge in [0.05, 0.1) is 6.54 Å². The number of hydrogen-bond donors (Lipinski definition) is 0. The largest absolute Gasteiger partial charge is 0.489 e. The number of likely N-dealkylation sites (tertiary alicyclic amines) is 1. The van der Waals surface area contributed by atoms with Crippen LogP contribution in [0, 0.1) is 5.82 Å². The Labute approximate surface area is 158 Å². The molecule has 142 valence electrons. The number of halogens is 1. The maximum atomic E-state index is 13.5. The minimum Gasteiger partial charge on any atom is -0.489 e. The monoisotopic (exact) mass is 370 g/mol. The van der Waals surface area contributed by atoms with E-state index in [1.54, 1.807) is 42.3 Å². The second-order valence-corrected chi connectivity index (χ2v) is 6.62. The smallest absolute Gasteiger partial charge is 0.253 e. The van der Waals surface area contributed by atoms with Crippen LogP contribution >= 0.6 is 0 Å². The van der Waals surface area contributed by atoms with E-state index in [1.165, 1.54) is 6.07 Å². The van der Waals surface area contributed by atoms with Gasteiger partial charge in [-0.25, -0.2) is 4.39 Å². The summed E-state index contributed by atoms with van der Waals surface area (Å²) in [5, 5.41) is 0. The molecule has 0 saturated carbocycles. The zero-order valence-electron chi connectivity index (χ0n) is 15.4. The summed E-state index contributed by atoms with van der Waals surface area (Å²) in [6.45, 7) is 1.93. The Morgan fingerprint density at radius 3 is 2.59 bits per heavy atom. The summed E-state index contributed by atoms with van der Waals surface area (Å²) in [4.78, 5) is 27.6. The first-order chi connectivity index (χ1) is 13.0. The SMILES string of the molecule is CN(CCOc1ccccc1F)C(=O)c1ccc(CN2CCCC2=O)cc1. The summed E-state index contributed by atoms with van der Waals surface area (Å²) >= 11 is 0. The molecule has 1 aliphatic rings. The minimum atomic E-state index is -0.418. The molecule has 0 aliphatic carbocycles. The van der Waals surface area contributed by atoms with E-state index >= 15 is 0 Å². The lowest BCUT2D eigenvalue weighted by atomic mass is 10.1. The fourth-order valence-electron chi connectivity index (χ4n) is 3.02. The molecule has 6 heteroatoms. The molecule has 1 aliphatic heterocycles. The first kappa shape index (κ1) is 18.9. The average Bonchev–Trinajstić information content (AvgIpc) is 3.08. The van der Waals surface area contributed by atoms with Crippen LogP contribution in [0.15, 0.2) is 48.5 Å². The van der Waals surface area contributed by atoms with Gasteiger partial charge in [-0.15, -0.1) is 0 Å². The molecule has 0 N–H and O–H groups in total. The molecule has 2 amide bonds. The van der Waals surface area contributed by atoms with Crippen LogP contribution in [0.4, 0.5) is 4.39 Å². The number of nitrogens with zero attached hydrogens (tertiary/aromatic N) is 2. The summed E-state index contributed by atoms with van der Waals surface area (Å²) in [7, 11) is 1.68. The molecule has 1 saturated heterocycles. The van der Waals surface area contributed by atoms with Crippen LogP contribution in [-0.4, -0.2) is 48.4 Å². The van der Waals surface area contributed by atoms with Gasteiger partial charge in [-0.1, -0.05) is 24.3 Å². The van der Waals surface area contributed by atoms with Crippen LogP contribution in [0.3, 0.4) is 0 Å². The number of carbonyl (C=O) groups is 2. The van der Waals surface area contributed by atoms with Crippen LogP contribution in [0.25, 0.3) is 0 Å². The second kappa shape index (κ2) is 8.66. The van der Waals surface area contributed by atoms with Gasteiger partial charge in [-0.05, 0) is 36.2 Å². The van der Waals surface area contributed by atoms with Crippen molar-refractivity contribution in [1.29, 1.82) is 0 Å². The quantitative estimate of drug-likeness (QED) is 0.753. The van der Waals surface area contributed by atoms with Crippen LogP contribution in [0.1, 0.15) is 28.8 Å². The Kier molecular flexibility index (Phi) is 6.06. The second-order valence-electron chi connectivity index (χ2n) is 6.62. The number of para-hydroxylation sites is 1. The molecule has 0 aromatic heterocycles. The molecule has 27 heavy (non-hydrogen) atoms. The van der Waals surface area contributed by atoms with Crippen LogP contribution < -0.4 is 4.74 Å². The lowest BCUT2D eigenvalue weighted by Gasteiger charge is -2.18. The highest BCUT2D eigenvalue weighted by molar-refractivity contribution is 5.94. The number of rotatable bonds is 7. The molecule has 0 spiro atoms. The number of likely N-dealkylation sites (N-methyl/N-ethyl adjacent to an activating group) is 1. The number of ether oxygens (including phenoxy) is 1. The molecular weight excluding hydrogens is 347 g/mol. The molecule has 5 nitrogen and oxygen atoms in total. The van der Waals surface area contributed by atoms with Gasteiger partial charge in [-0.3, -0.25) is 9.59 Å². The van der Waals surface area contributed by atoms with E-state index < -0.39 is 5.82 Å². The average molecular weight is 370 g/mol. The van der Waals surface area contributed by atoms with Crippen LogP contribution in [-0.2, 0) is 11.3 Å². The predicted molar refractivity (Wildman–Crippen MR) is 99.9 cm³/mol. The number of carbonyl (C=O) groups excluding carboxylic acids is 2. The van der Waals surface area contributed by atoms with Gasteiger partial charge in [0.15, 0.2) is 11.6 Å². The van der Waals surface area contributed by atoms with Gasteiger partial charge in [0.25, 0.3) is 5.91 Å². The molecular formula is C21H23FN2O3. The van der Waals surface area contributed by atoms with E-state index in [9.17, 15) is 14.0 Å². The van der Waals surface area contributed by atoms with E-state index in [4.69, 9.17) is 4.74 Å². The van der Waals surface area contributed by atoms with Gasteiger partial charge in [-0.2, -0.15) is 0 Å². The Bertz CT molecular complexity index is 807. The molecule has 3 rings (SSSR count). The summed E-state index contributed by atoms with van der Waals surface area (Å²) in [5.41, 5.74) is 1.58. The fraction of sp³-hybridized carbons (Fsp3) is 0.333. The molecule has 0 radical (unpaired) electrons. The van der Waals surface area contributed by atoms with E-state index in [0.717, 1.165) is 18.5 Å². The van der Waals surface area contributed by atoms with Crippen molar-refractivity contribution >= 4 is 11.8 Å².